The van der Waals surface area contributed by atoms with Crippen molar-refractivity contribution in [2.24, 2.45) is 0 Å². The number of benzene rings is 2. The summed E-state index contributed by atoms with van der Waals surface area (Å²) >= 11 is 1.23. The van der Waals surface area contributed by atoms with Gasteiger partial charge in [-0.25, -0.2) is 4.98 Å². The molecular weight excluding hydrogens is 394 g/mol. The van der Waals surface area contributed by atoms with E-state index in [-0.39, 0.29) is 22.4 Å². The summed E-state index contributed by atoms with van der Waals surface area (Å²) in [7, 11) is 0. The summed E-state index contributed by atoms with van der Waals surface area (Å²) in [6.07, 6.45) is 1.55. The van der Waals surface area contributed by atoms with Crippen LogP contribution in [0.5, 0.6) is 0 Å². The van der Waals surface area contributed by atoms with Gasteiger partial charge in [-0.05, 0) is 17.7 Å². The number of anilines is 1. The van der Waals surface area contributed by atoms with Crippen molar-refractivity contribution in [1.29, 1.82) is 0 Å². The summed E-state index contributed by atoms with van der Waals surface area (Å²) in [5.41, 5.74) is 0.426. The lowest BCUT2D eigenvalue weighted by atomic mass is 9.98. The van der Waals surface area contributed by atoms with Crippen molar-refractivity contribution in [2.45, 2.75) is 6.04 Å². The third-order valence-electron chi connectivity index (χ3n) is 4.80. The van der Waals surface area contributed by atoms with Gasteiger partial charge >= 0.3 is 0 Å². The van der Waals surface area contributed by atoms with E-state index < -0.39 is 16.9 Å². The highest BCUT2D eigenvalue weighted by molar-refractivity contribution is 7.13. The molecule has 3 heterocycles. The standard InChI is InChI=1S/C20H11N3O5S/c24-17-13-6-1-2-7-14(13)28-18-15(17)16(11-4-3-5-12(10-11)23(26)27)22(19(18)25)20-21-8-9-29-20/h1-10,16H. The molecule has 8 nitrogen and oxygen atoms in total. The molecule has 0 saturated carbocycles. The van der Waals surface area contributed by atoms with E-state index >= 15 is 0 Å². The monoisotopic (exact) mass is 405 g/mol. The Hall–Kier alpha value is -3.85. The highest BCUT2D eigenvalue weighted by Crippen LogP contribution is 2.42. The van der Waals surface area contributed by atoms with Gasteiger partial charge in [-0.2, -0.15) is 0 Å². The van der Waals surface area contributed by atoms with Crippen LogP contribution < -0.4 is 10.3 Å². The Morgan fingerprint density at radius 1 is 1.14 bits per heavy atom. The van der Waals surface area contributed by atoms with Crippen LogP contribution in [-0.2, 0) is 0 Å². The highest BCUT2D eigenvalue weighted by atomic mass is 32.1. The van der Waals surface area contributed by atoms with Crippen molar-refractivity contribution in [3.63, 3.8) is 0 Å². The number of carbonyl (C=O) groups excluding carboxylic acids is 1. The molecule has 5 rings (SSSR count). The topological polar surface area (TPSA) is 107 Å². The Morgan fingerprint density at radius 2 is 1.97 bits per heavy atom. The summed E-state index contributed by atoms with van der Waals surface area (Å²) in [5, 5.41) is 13.7. The van der Waals surface area contributed by atoms with Crippen molar-refractivity contribution >= 4 is 39.0 Å². The van der Waals surface area contributed by atoms with Crippen LogP contribution in [0.2, 0.25) is 0 Å². The molecule has 1 atom stereocenters. The van der Waals surface area contributed by atoms with Gasteiger partial charge in [0.05, 0.1) is 21.9 Å². The molecule has 1 aliphatic heterocycles. The fourth-order valence-electron chi connectivity index (χ4n) is 3.58. The van der Waals surface area contributed by atoms with Crippen molar-refractivity contribution in [1.82, 2.24) is 4.98 Å². The number of aromatic nitrogens is 1. The normalized spacial score (nSPS) is 15.7. The van der Waals surface area contributed by atoms with E-state index in [1.54, 1.807) is 41.9 Å². The number of hydrogen-bond donors (Lipinski definition) is 0. The Bertz CT molecular complexity index is 1350. The molecule has 0 aliphatic carbocycles. The summed E-state index contributed by atoms with van der Waals surface area (Å²) in [5.74, 6) is -0.574. The molecule has 0 fully saturated rings. The molecule has 0 spiro atoms. The highest BCUT2D eigenvalue weighted by Gasteiger charge is 2.45. The van der Waals surface area contributed by atoms with Gasteiger partial charge in [-0.15, -0.1) is 11.3 Å². The maximum atomic E-state index is 13.3. The zero-order valence-electron chi connectivity index (χ0n) is 14.6. The van der Waals surface area contributed by atoms with Crippen LogP contribution >= 0.6 is 11.3 Å². The number of fused-ring (bicyclic) bond motifs is 2. The summed E-state index contributed by atoms with van der Waals surface area (Å²) in [6, 6.07) is 11.7. The number of non-ortho nitro benzene ring substituents is 1. The predicted molar refractivity (Wildman–Crippen MR) is 106 cm³/mol. The Kier molecular flexibility index (Phi) is 3.78. The molecule has 29 heavy (non-hydrogen) atoms. The number of hydrogen-bond acceptors (Lipinski definition) is 7. The third-order valence-corrected chi connectivity index (χ3v) is 5.57. The summed E-state index contributed by atoms with van der Waals surface area (Å²) in [6.45, 7) is 0. The quantitative estimate of drug-likeness (QED) is 0.378. The Balaban J connectivity index is 1.83. The van der Waals surface area contributed by atoms with Crippen LogP contribution in [0.1, 0.15) is 27.7 Å². The van der Waals surface area contributed by atoms with Crippen LogP contribution in [0, 0.1) is 10.1 Å². The molecule has 142 valence electrons. The van der Waals surface area contributed by atoms with Crippen LogP contribution in [-0.4, -0.2) is 15.8 Å². The van der Waals surface area contributed by atoms with E-state index in [1.807, 2.05) is 0 Å². The van der Waals surface area contributed by atoms with Crippen molar-refractivity contribution < 1.29 is 14.1 Å². The molecule has 1 amide bonds. The van der Waals surface area contributed by atoms with Crippen molar-refractivity contribution in [2.75, 3.05) is 4.90 Å². The van der Waals surface area contributed by atoms with Crippen molar-refractivity contribution in [3.05, 3.63) is 97.3 Å². The zero-order valence-corrected chi connectivity index (χ0v) is 15.5. The van der Waals surface area contributed by atoms with Gasteiger partial charge in [0, 0.05) is 23.7 Å². The molecule has 2 aromatic carbocycles. The lowest BCUT2D eigenvalue weighted by Crippen LogP contribution is -2.29. The molecule has 1 unspecified atom stereocenters. The maximum Gasteiger partial charge on any atom is 0.297 e. The van der Waals surface area contributed by atoms with Gasteiger partial charge in [-0.1, -0.05) is 24.3 Å². The number of thiazole rings is 1. The smallest absolute Gasteiger partial charge is 0.297 e. The first-order valence-electron chi connectivity index (χ1n) is 8.59. The van der Waals surface area contributed by atoms with Crippen LogP contribution in [0.4, 0.5) is 10.8 Å². The van der Waals surface area contributed by atoms with Crippen LogP contribution in [0.15, 0.2) is 69.3 Å². The lowest BCUT2D eigenvalue weighted by molar-refractivity contribution is -0.384. The molecule has 0 N–H and O–H groups in total. The van der Waals surface area contributed by atoms with E-state index in [1.165, 1.54) is 34.4 Å². The minimum atomic E-state index is -0.871. The first kappa shape index (κ1) is 17.3. The predicted octanol–water partition coefficient (Wildman–Crippen LogP) is 3.91. The number of carbonyl (C=O) groups is 1. The van der Waals surface area contributed by atoms with Crippen LogP contribution in [0.3, 0.4) is 0 Å². The minimum absolute atomic E-state index is 0.0691. The lowest BCUT2D eigenvalue weighted by Gasteiger charge is -2.22. The van der Waals surface area contributed by atoms with Gasteiger partial charge < -0.3 is 4.42 Å². The van der Waals surface area contributed by atoms with Gasteiger partial charge in [-0.3, -0.25) is 24.6 Å². The second kappa shape index (κ2) is 6.35. The molecule has 2 aromatic heterocycles. The minimum Gasteiger partial charge on any atom is -0.450 e. The van der Waals surface area contributed by atoms with Gasteiger partial charge in [0.2, 0.25) is 5.76 Å². The van der Waals surface area contributed by atoms with E-state index in [0.717, 1.165) is 0 Å². The Labute approximate surface area is 166 Å². The number of rotatable bonds is 3. The first-order chi connectivity index (χ1) is 14.1. The van der Waals surface area contributed by atoms with Crippen LogP contribution in [0.25, 0.3) is 11.0 Å². The van der Waals surface area contributed by atoms with Crippen molar-refractivity contribution in [3.8, 4) is 0 Å². The number of amides is 1. The number of nitrogens with zero attached hydrogens (tertiary/aromatic N) is 3. The molecule has 0 radical (unpaired) electrons. The van der Waals surface area contributed by atoms with E-state index in [0.29, 0.717) is 21.7 Å². The van der Waals surface area contributed by atoms with Gasteiger partial charge in [0.1, 0.15) is 5.58 Å². The van der Waals surface area contributed by atoms with E-state index in [2.05, 4.69) is 4.98 Å². The SMILES string of the molecule is O=C1c2oc3ccccc3c(=O)c2C(c2cccc([N+](=O)[O-])c2)N1c1nccs1. The van der Waals surface area contributed by atoms with E-state index in [4.69, 9.17) is 4.42 Å². The molecule has 1 aliphatic rings. The molecule has 4 aromatic rings. The van der Waals surface area contributed by atoms with Gasteiger partial charge in [0.15, 0.2) is 10.6 Å². The summed E-state index contributed by atoms with van der Waals surface area (Å²) in [4.78, 5) is 42.8. The second-order valence-corrected chi connectivity index (χ2v) is 7.29. The number of nitro groups is 1. The molecular formula is C20H11N3O5S. The number of para-hydroxylation sites is 1. The largest absolute Gasteiger partial charge is 0.450 e. The maximum absolute atomic E-state index is 13.3. The molecule has 0 bridgehead atoms. The Morgan fingerprint density at radius 3 is 2.72 bits per heavy atom. The fraction of sp³-hybridized carbons (Fsp3) is 0.0500. The molecule has 9 heteroatoms. The zero-order chi connectivity index (χ0) is 20.1. The average molecular weight is 405 g/mol. The molecule has 0 saturated heterocycles. The fourth-order valence-corrected chi connectivity index (χ4v) is 4.24. The third kappa shape index (κ3) is 2.55. The second-order valence-electron chi connectivity index (χ2n) is 6.41. The van der Waals surface area contributed by atoms with Gasteiger partial charge in [0.25, 0.3) is 11.6 Å². The average Bonchev–Trinajstić information content (AvgIpc) is 3.35. The number of nitro benzene ring substituents is 1. The summed E-state index contributed by atoms with van der Waals surface area (Å²) < 4.78 is 5.81. The first-order valence-corrected chi connectivity index (χ1v) is 9.47. The van der Waals surface area contributed by atoms with E-state index in [9.17, 15) is 19.7 Å².